The predicted octanol–water partition coefficient (Wildman–Crippen LogP) is 5.00. The minimum Gasteiger partial charge on any atom is -0.484 e. The molecule has 1 aliphatic rings. The first kappa shape index (κ1) is 23.1. The van der Waals surface area contributed by atoms with Gasteiger partial charge in [0.25, 0.3) is 5.91 Å². The van der Waals surface area contributed by atoms with E-state index >= 15 is 0 Å². The standard InChI is InChI=1S/C28H24ClNO5/c29-21-8-6-20(7-9-21)28(33)12-14-30(15-13-28)26(31)18-34-22-10-11-23-25(16-22)35-17-24(27(23)32)19-4-2-1-3-5-19/h1-11,16-17,33H,12-15,18H2. The molecule has 5 rings (SSSR count). The van der Waals surface area contributed by atoms with Crippen molar-refractivity contribution >= 4 is 28.5 Å². The summed E-state index contributed by atoms with van der Waals surface area (Å²) in [4.78, 5) is 27.3. The number of carbonyl (C=O) groups excluding carboxylic acids is 1. The van der Waals surface area contributed by atoms with Gasteiger partial charge in [0.05, 0.1) is 16.6 Å². The molecule has 1 amide bonds. The lowest BCUT2D eigenvalue weighted by Gasteiger charge is -2.38. The quantitative estimate of drug-likeness (QED) is 0.426. The van der Waals surface area contributed by atoms with Crippen molar-refractivity contribution in [3.05, 3.63) is 99.9 Å². The highest BCUT2D eigenvalue weighted by atomic mass is 35.5. The van der Waals surface area contributed by atoms with Gasteiger partial charge in [0.2, 0.25) is 0 Å². The number of nitrogens with zero attached hydrogens (tertiary/aromatic N) is 1. The highest BCUT2D eigenvalue weighted by Gasteiger charge is 2.35. The summed E-state index contributed by atoms with van der Waals surface area (Å²) < 4.78 is 11.4. The van der Waals surface area contributed by atoms with Gasteiger partial charge in [-0.3, -0.25) is 9.59 Å². The summed E-state index contributed by atoms with van der Waals surface area (Å²) in [5.41, 5.74) is 1.38. The number of benzene rings is 3. The maximum Gasteiger partial charge on any atom is 0.260 e. The predicted molar refractivity (Wildman–Crippen MR) is 135 cm³/mol. The smallest absolute Gasteiger partial charge is 0.260 e. The number of fused-ring (bicyclic) bond motifs is 1. The van der Waals surface area contributed by atoms with Crippen LogP contribution in [0.15, 0.2) is 88.3 Å². The zero-order valence-corrected chi connectivity index (χ0v) is 19.7. The molecule has 0 unspecified atom stereocenters. The molecule has 7 heteroatoms. The number of rotatable bonds is 5. The zero-order chi connectivity index (χ0) is 24.4. The number of hydrogen-bond donors (Lipinski definition) is 1. The number of halogens is 1. The summed E-state index contributed by atoms with van der Waals surface area (Å²) in [6.45, 7) is 0.712. The van der Waals surface area contributed by atoms with Crippen molar-refractivity contribution in [1.29, 1.82) is 0 Å². The third kappa shape index (κ3) is 4.81. The number of likely N-dealkylation sites (tertiary alicyclic amines) is 1. The molecule has 178 valence electrons. The van der Waals surface area contributed by atoms with Crippen molar-refractivity contribution in [3.8, 4) is 16.9 Å². The van der Waals surface area contributed by atoms with Crippen molar-refractivity contribution in [2.45, 2.75) is 18.4 Å². The van der Waals surface area contributed by atoms with Crippen LogP contribution in [0.2, 0.25) is 5.02 Å². The SMILES string of the molecule is O=C(COc1ccc2c(=O)c(-c3ccccc3)coc2c1)N1CCC(O)(c2ccc(Cl)cc2)CC1. The van der Waals surface area contributed by atoms with Crippen molar-refractivity contribution in [3.63, 3.8) is 0 Å². The Labute approximate surface area is 207 Å². The maximum atomic E-state index is 12.9. The Kier molecular flexibility index (Phi) is 6.32. The maximum absolute atomic E-state index is 12.9. The number of piperidine rings is 1. The zero-order valence-electron chi connectivity index (χ0n) is 18.9. The fourth-order valence-electron chi connectivity index (χ4n) is 4.43. The minimum absolute atomic E-state index is 0.124. The lowest BCUT2D eigenvalue weighted by molar-refractivity contribution is -0.137. The van der Waals surface area contributed by atoms with Gasteiger partial charge < -0.3 is 19.2 Å². The molecule has 0 radical (unpaired) electrons. The van der Waals surface area contributed by atoms with Gasteiger partial charge in [-0.2, -0.15) is 0 Å². The lowest BCUT2D eigenvalue weighted by Crippen LogP contribution is -2.46. The second kappa shape index (κ2) is 9.56. The molecule has 0 atom stereocenters. The van der Waals surface area contributed by atoms with Gasteiger partial charge in [-0.1, -0.05) is 54.1 Å². The second-order valence-corrected chi connectivity index (χ2v) is 9.15. The molecular weight excluding hydrogens is 466 g/mol. The van der Waals surface area contributed by atoms with Gasteiger partial charge in [0.1, 0.15) is 17.6 Å². The molecule has 1 aliphatic heterocycles. The molecule has 0 aliphatic carbocycles. The first-order valence-corrected chi connectivity index (χ1v) is 11.8. The molecule has 2 heterocycles. The number of ether oxygens (including phenoxy) is 1. The molecule has 1 N–H and O–H groups in total. The van der Waals surface area contributed by atoms with Gasteiger partial charge in [-0.05, 0) is 48.2 Å². The van der Waals surface area contributed by atoms with E-state index in [-0.39, 0.29) is 17.9 Å². The van der Waals surface area contributed by atoms with E-state index in [1.54, 1.807) is 35.2 Å². The molecule has 35 heavy (non-hydrogen) atoms. The van der Waals surface area contributed by atoms with Crippen LogP contribution in [0.1, 0.15) is 18.4 Å². The van der Waals surface area contributed by atoms with E-state index in [1.807, 2.05) is 42.5 Å². The Hall–Kier alpha value is -3.61. The van der Waals surface area contributed by atoms with Crippen molar-refractivity contribution < 1.29 is 19.1 Å². The fourth-order valence-corrected chi connectivity index (χ4v) is 4.55. The van der Waals surface area contributed by atoms with Crippen LogP contribution in [0, 0.1) is 0 Å². The monoisotopic (exact) mass is 489 g/mol. The van der Waals surface area contributed by atoms with Crippen LogP contribution in [0.25, 0.3) is 22.1 Å². The average molecular weight is 490 g/mol. The van der Waals surface area contributed by atoms with Gasteiger partial charge in [0.15, 0.2) is 12.0 Å². The molecule has 6 nitrogen and oxygen atoms in total. The number of aliphatic hydroxyl groups is 1. The third-order valence-corrected chi connectivity index (χ3v) is 6.77. The van der Waals surface area contributed by atoms with E-state index in [2.05, 4.69) is 0 Å². The van der Waals surface area contributed by atoms with Crippen molar-refractivity contribution in [2.24, 2.45) is 0 Å². The molecule has 1 fully saturated rings. The molecule has 3 aromatic carbocycles. The van der Waals surface area contributed by atoms with Gasteiger partial charge in [0, 0.05) is 24.2 Å². The van der Waals surface area contributed by atoms with E-state index in [0.29, 0.717) is 53.2 Å². The normalized spacial score (nSPS) is 15.2. The Morgan fingerprint density at radius 1 is 1.03 bits per heavy atom. The van der Waals surface area contributed by atoms with Crippen LogP contribution in [-0.4, -0.2) is 35.6 Å². The average Bonchev–Trinajstić information content (AvgIpc) is 2.89. The van der Waals surface area contributed by atoms with E-state index in [9.17, 15) is 14.7 Å². The molecule has 0 saturated carbocycles. The Balaban J connectivity index is 1.22. The summed E-state index contributed by atoms with van der Waals surface area (Å²) >= 11 is 5.95. The lowest BCUT2D eigenvalue weighted by atomic mass is 9.84. The fraction of sp³-hybridized carbons (Fsp3) is 0.214. The highest BCUT2D eigenvalue weighted by molar-refractivity contribution is 6.30. The number of hydrogen-bond acceptors (Lipinski definition) is 5. The molecule has 4 aromatic rings. The van der Waals surface area contributed by atoms with Crippen LogP contribution < -0.4 is 10.2 Å². The molecule has 1 aromatic heterocycles. The van der Waals surface area contributed by atoms with E-state index in [1.165, 1.54) is 6.26 Å². The largest absolute Gasteiger partial charge is 0.484 e. The van der Waals surface area contributed by atoms with Crippen molar-refractivity contribution in [1.82, 2.24) is 4.90 Å². The molecule has 0 spiro atoms. The van der Waals surface area contributed by atoms with Crippen LogP contribution in [0.5, 0.6) is 5.75 Å². The second-order valence-electron chi connectivity index (χ2n) is 8.71. The molecular formula is C28H24ClNO5. The molecule has 1 saturated heterocycles. The van der Waals surface area contributed by atoms with Crippen molar-refractivity contribution in [2.75, 3.05) is 19.7 Å². The van der Waals surface area contributed by atoms with E-state index in [0.717, 1.165) is 11.1 Å². The summed E-state index contributed by atoms with van der Waals surface area (Å²) in [6.07, 6.45) is 2.32. The highest BCUT2D eigenvalue weighted by Crippen LogP contribution is 2.33. The van der Waals surface area contributed by atoms with E-state index in [4.69, 9.17) is 20.8 Å². The Morgan fingerprint density at radius 2 is 1.74 bits per heavy atom. The van der Waals surface area contributed by atoms with Crippen LogP contribution in [0.3, 0.4) is 0 Å². The van der Waals surface area contributed by atoms with Crippen LogP contribution in [-0.2, 0) is 10.4 Å². The first-order valence-electron chi connectivity index (χ1n) is 11.4. The third-order valence-electron chi connectivity index (χ3n) is 6.52. The minimum atomic E-state index is -0.975. The summed E-state index contributed by atoms with van der Waals surface area (Å²) in [5.74, 6) is 0.278. The molecule has 0 bridgehead atoms. The number of amides is 1. The number of carbonyl (C=O) groups is 1. The first-order chi connectivity index (χ1) is 16.9. The van der Waals surface area contributed by atoms with Gasteiger partial charge in [-0.25, -0.2) is 0 Å². The summed E-state index contributed by atoms with van der Waals surface area (Å²) in [7, 11) is 0. The topological polar surface area (TPSA) is 80.0 Å². The Morgan fingerprint density at radius 3 is 2.46 bits per heavy atom. The van der Waals surface area contributed by atoms with Gasteiger partial charge >= 0.3 is 0 Å². The van der Waals surface area contributed by atoms with E-state index < -0.39 is 5.60 Å². The summed E-state index contributed by atoms with van der Waals surface area (Å²) in [5, 5.41) is 12.1. The van der Waals surface area contributed by atoms with Crippen LogP contribution >= 0.6 is 11.6 Å². The Bertz CT molecular complexity index is 1410. The van der Waals surface area contributed by atoms with Gasteiger partial charge in [-0.15, -0.1) is 0 Å². The van der Waals surface area contributed by atoms with Crippen LogP contribution in [0.4, 0.5) is 0 Å². The summed E-state index contributed by atoms with van der Waals surface area (Å²) in [6, 6.07) is 21.4.